The Bertz CT molecular complexity index is 3570. The summed E-state index contributed by atoms with van der Waals surface area (Å²) >= 11 is 0. The van der Waals surface area contributed by atoms with E-state index >= 15 is 0 Å². The van der Waals surface area contributed by atoms with Crippen LogP contribution in [0.5, 0.6) is 23.0 Å². The summed E-state index contributed by atoms with van der Waals surface area (Å²) in [5, 5.41) is 0.981. The third kappa shape index (κ3) is 6.14. The molecule has 1 aromatic carbocycles. The molecule has 100 heavy (non-hydrogen) atoms. The van der Waals surface area contributed by atoms with Crippen LogP contribution in [0.15, 0.2) is 24.5 Å². The molecule has 20 aliphatic heterocycles. The molecule has 23 rings (SSSR count). The number of fused-ring (bicyclic) bond motifs is 3. The van der Waals surface area contributed by atoms with Crippen LogP contribution in [0.2, 0.25) is 0 Å². The van der Waals surface area contributed by atoms with Crippen molar-refractivity contribution in [3.63, 3.8) is 0 Å². The molecule has 0 saturated carbocycles. The van der Waals surface area contributed by atoms with Gasteiger partial charge >= 0.3 is 0 Å². The van der Waals surface area contributed by atoms with Gasteiger partial charge in [0.1, 0.15) is 101 Å². The quantitative estimate of drug-likeness (QED) is 0.0945. The van der Waals surface area contributed by atoms with Gasteiger partial charge in [-0.3, -0.25) is 9.97 Å². The number of ether oxygens (including phenoxy) is 24. The molecule has 20 fully saturated rings. The summed E-state index contributed by atoms with van der Waals surface area (Å²) in [5.41, 5.74) is -15.9. The third-order valence-electron chi connectivity index (χ3n) is 31.0. The summed E-state index contributed by atoms with van der Waals surface area (Å²) in [6, 6.07) is 3.66. The Morgan fingerprint density at radius 3 is 0.650 bits per heavy atom. The highest BCUT2D eigenvalue weighted by Gasteiger charge is 2.97. The van der Waals surface area contributed by atoms with Crippen molar-refractivity contribution in [1.29, 1.82) is 0 Å². The fourth-order valence-corrected chi connectivity index (χ4v) is 25.6. The molecule has 26 nitrogen and oxygen atoms in total. The zero-order valence-corrected chi connectivity index (χ0v) is 57.4. The van der Waals surface area contributed by atoms with Gasteiger partial charge < -0.3 is 114 Å². The van der Waals surface area contributed by atoms with Crippen LogP contribution in [0.3, 0.4) is 0 Å². The molecular weight excluding hydrogens is 1300 g/mol. The minimum Gasteiger partial charge on any atom is -0.496 e. The van der Waals surface area contributed by atoms with Crippen molar-refractivity contribution in [2.45, 2.75) is 242 Å². The molecule has 0 aliphatic carbocycles. The smallest absolute Gasteiger partial charge is 0.245 e. The van der Waals surface area contributed by atoms with E-state index in [1.807, 2.05) is 12.1 Å². The minimum absolute atomic E-state index is 0.127. The molecule has 542 valence electrons. The van der Waals surface area contributed by atoms with Crippen LogP contribution in [0.4, 0.5) is 0 Å². The maximum Gasteiger partial charge on any atom is 0.245 e. The van der Waals surface area contributed by atoms with E-state index in [0.717, 1.165) is 38.5 Å². The molecule has 0 amide bonds. The van der Waals surface area contributed by atoms with Crippen molar-refractivity contribution < 1.29 is 114 Å². The average molecular weight is 1390 g/mol. The van der Waals surface area contributed by atoms with E-state index in [0.29, 0.717) is 255 Å². The van der Waals surface area contributed by atoms with E-state index in [1.54, 1.807) is 26.6 Å². The first-order valence-corrected chi connectivity index (χ1v) is 37.9. The number of pyridine rings is 2. The van der Waals surface area contributed by atoms with Gasteiger partial charge in [-0.2, -0.15) is 0 Å². The number of rotatable bonds is 24. The first-order chi connectivity index (χ1) is 49.0. The Hall–Kier alpha value is -3.56. The standard InChI is InChI=1S/C74H92N2O24/c1-77-47-3-25-75-53-51(47)55(99-73(23-45-97-73)71(21-43-95-71)69(19-41-93-69)67(17-39-91-67)65(15-37-89-65)63(13-35-87-63)61(11-33-85-61)59(9-31-83-59)57(7-29-81-57)49-5-27-79-49)56(52-48(78-2)4-26-76-54(52)53)100-74(24-46-98-74)72(22-44-96-72)70(20-42-94-70)68(18-40-92-68)66(16-38-90-66)64(14-36-88-64)62(12-34-86-62)60(10-32-84-60)58(8-30-82-58)50-6-28-80-50/h3-4,25-26,49-50H,5-24,27-46H2,1-2H3. The first kappa shape index (κ1) is 62.6. The van der Waals surface area contributed by atoms with Gasteiger partial charge in [-0.1, -0.05) is 0 Å². The van der Waals surface area contributed by atoms with Crippen LogP contribution in [-0.4, -0.2) is 270 Å². The van der Waals surface area contributed by atoms with Gasteiger partial charge in [-0.15, -0.1) is 0 Å². The lowest BCUT2D eigenvalue weighted by atomic mass is 9.41. The number of benzene rings is 1. The number of hydrogen-bond acceptors (Lipinski definition) is 26. The lowest BCUT2D eigenvalue weighted by Gasteiger charge is -2.82. The van der Waals surface area contributed by atoms with E-state index in [4.69, 9.17) is 124 Å². The SMILES string of the molecule is COc1ccnc2c1c(OC1(C3(C4(C5(C6(C7(C8(C9(C%10(C%11CCO%11)CCO%10)CCO9)CCO8)CCO7)CCO6)CCO5)CCO4)CCO3)CCO1)c(OC1(C3(C4(C5(C6(C7(C8(C9(C%10(C%11CCO%11)CCO%10)CCO9)CCO8)CCO7)CCO6)CCO5)CCO4)CCO3)CCO1)c1c(OC)ccnc12. The Morgan fingerprint density at radius 2 is 0.490 bits per heavy atom. The van der Waals surface area contributed by atoms with E-state index < -0.39 is 101 Å². The van der Waals surface area contributed by atoms with Crippen LogP contribution in [-0.2, 0) is 94.7 Å². The van der Waals surface area contributed by atoms with Gasteiger partial charge in [0, 0.05) is 141 Å². The molecule has 20 atom stereocenters. The third-order valence-corrected chi connectivity index (χ3v) is 31.0. The van der Waals surface area contributed by atoms with Crippen LogP contribution in [0.1, 0.15) is 128 Å². The van der Waals surface area contributed by atoms with Crippen molar-refractivity contribution >= 4 is 21.8 Å². The predicted octanol–water partition coefficient (Wildman–Crippen LogP) is 5.91. The molecule has 20 saturated heterocycles. The molecule has 0 bridgehead atoms. The number of methoxy groups -OCH3 is 2. The van der Waals surface area contributed by atoms with E-state index in [-0.39, 0.29) is 23.7 Å². The average Bonchev–Trinajstić information content (AvgIpc) is 0.626. The summed E-state index contributed by atoms with van der Waals surface area (Å²) in [4.78, 5) is 10.3. The van der Waals surface area contributed by atoms with Gasteiger partial charge in [0.2, 0.25) is 11.6 Å². The molecule has 22 heterocycles. The zero-order valence-electron chi connectivity index (χ0n) is 57.4. The molecular formula is C74H92N2O24. The monoisotopic (exact) mass is 1390 g/mol. The normalized spacial score (nSPS) is 53.4. The highest BCUT2D eigenvalue weighted by atomic mass is 16.8. The van der Waals surface area contributed by atoms with Gasteiger partial charge in [-0.25, -0.2) is 0 Å². The summed E-state index contributed by atoms with van der Waals surface area (Å²) in [6.07, 6.45) is 15.9. The second-order valence-electron chi connectivity index (χ2n) is 32.3. The van der Waals surface area contributed by atoms with E-state index in [1.165, 1.54) is 0 Å². The minimum atomic E-state index is -1.58. The van der Waals surface area contributed by atoms with Gasteiger partial charge in [0.05, 0.1) is 156 Å². The second-order valence-corrected chi connectivity index (χ2v) is 32.3. The van der Waals surface area contributed by atoms with Crippen LogP contribution < -0.4 is 18.9 Å². The summed E-state index contributed by atoms with van der Waals surface area (Å²) in [7, 11) is 3.29. The van der Waals surface area contributed by atoms with Gasteiger partial charge in [-0.05, 0) is 25.0 Å². The number of aromatic nitrogens is 2. The summed E-state index contributed by atoms with van der Waals surface area (Å²) in [6.45, 7) is 10.1. The largest absolute Gasteiger partial charge is 0.496 e. The molecule has 20 unspecified atom stereocenters. The molecule has 0 spiro atoms. The fraction of sp³-hybridized carbons (Fsp3) is 0.838. The van der Waals surface area contributed by atoms with E-state index in [9.17, 15) is 0 Å². The van der Waals surface area contributed by atoms with E-state index in [2.05, 4.69) is 0 Å². The highest BCUT2D eigenvalue weighted by molar-refractivity contribution is 6.14. The number of hydrogen-bond donors (Lipinski definition) is 0. The molecule has 0 N–H and O–H groups in total. The van der Waals surface area contributed by atoms with Crippen molar-refractivity contribution in [2.75, 3.05) is 146 Å². The maximum atomic E-state index is 8.20. The second kappa shape index (κ2) is 20.4. The fourth-order valence-electron chi connectivity index (χ4n) is 25.6. The lowest BCUT2D eigenvalue weighted by molar-refractivity contribution is -0.536. The molecule has 20 aliphatic rings. The van der Waals surface area contributed by atoms with Crippen LogP contribution >= 0.6 is 0 Å². The Balaban J connectivity index is 0.671. The topological polar surface area (TPSA) is 247 Å². The summed E-state index contributed by atoms with van der Waals surface area (Å²) in [5.74, 6) is -1.73. The predicted molar refractivity (Wildman–Crippen MR) is 340 cm³/mol. The Morgan fingerprint density at radius 1 is 0.280 bits per heavy atom. The highest BCUT2D eigenvalue weighted by Crippen LogP contribution is 2.79. The van der Waals surface area contributed by atoms with Crippen molar-refractivity contribution in [1.82, 2.24) is 9.97 Å². The molecule has 0 radical (unpaired) electrons. The van der Waals surface area contributed by atoms with Crippen molar-refractivity contribution in [3.8, 4) is 23.0 Å². The Kier molecular flexibility index (Phi) is 12.8. The van der Waals surface area contributed by atoms with Gasteiger partial charge in [0.25, 0.3) is 0 Å². The lowest BCUT2D eigenvalue weighted by Crippen LogP contribution is -3.00. The van der Waals surface area contributed by atoms with Crippen molar-refractivity contribution in [2.24, 2.45) is 0 Å². The molecule has 3 aromatic rings. The van der Waals surface area contributed by atoms with Crippen molar-refractivity contribution in [3.05, 3.63) is 24.5 Å². The maximum absolute atomic E-state index is 8.20. The van der Waals surface area contributed by atoms with Crippen LogP contribution in [0, 0.1) is 0 Å². The zero-order chi connectivity index (χ0) is 66.3. The molecule has 26 heteroatoms. The number of nitrogens with zero attached hydrogens (tertiary/aromatic N) is 2. The Labute approximate surface area is 578 Å². The summed E-state index contributed by atoms with van der Waals surface area (Å²) < 4.78 is 174. The first-order valence-electron chi connectivity index (χ1n) is 37.9. The molecule has 2 aromatic heterocycles. The van der Waals surface area contributed by atoms with Gasteiger partial charge in [0.15, 0.2) is 22.7 Å². The van der Waals surface area contributed by atoms with Crippen LogP contribution in [0.25, 0.3) is 21.8 Å².